The summed E-state index contributed by atoms with van der Waals surface area (Å²) in [7, 11) is 1.27. The van der Waals surface area contributed by atoms with Gasteiger partial charge >= 0.3 is 12.1 Å². The summed E-state index contributed by atoms with van der Waals surface area (Å²) in [5.41, 5.74) is -0.905. The minimum Gasteiger partial charge on any atom is -0.467 e. The zero-order valence-electron chi connectivity index (χ0n) is 15.8. The van der Waals surface area contributed by atoms with Crippen molar-refractivity contribution in [1.29, 1.82) is 0 Å². The second kappa shape index (κ2) is 8.98. The number of hydrogen-bond donors (Lipinski definition) is 1. The number of ether oxygens (including phenoxy) is 1. The number of hydrogen-bond acceptors (Lipinski definition) is 5. The number of nitrogens with zero attached hydrogens (tertiary/aromatic N) is 2. The fourth-order valence-electron chi connectivity index (χ4n) is 3.07. The molecule has 0 bridgehead atoms. The molecule has 10 heteroatoms. The van der Waals surface area contributed by atoms with E-state index in [0.29, 0.717) is 25.9 Å². The van der Waals surface area contributed by atoms with Crippen molar-refractivity contribution in [2.24, 2.45) is 11.8 Å². The summed E-state index contributed by atoms with van der Waals surface area (Å²) < 4.78 is 42.9. The van der Waals surface area contributed by atoms with Gasteiger partial charge in [-0.05, 0) is 24.8 Å². The van der Waals surface area contributed by atoms with Gasteiger partial charge in [0.1, 0.15) is 11.9 Å². The second-order valence-electron chi connectivity index (χ2n) is 7.04. The highest BCUT2D eigenvalue weighted by molar-refractivity contribution is 6.33. The van der Waals surface area contributed by atoms with Gasteiger partial charge in [0.15, 0.2) is 0 Å². The molecule has 2 heterocycles. The average molecular weight is 422 g/mol. The van der Waals surface area contributed by atoms with Crippen LogP contribution >= 0.6 is 11.6 Å². The Morgan fingerprint density at radius 3 is 2.39 bits per heavy atom. The predicted octanol–water partition coefficient (Wildman–Crippen LogP) is 3.28. The number of alkyl halides is 3. The van der Waals surface area contributed by atoms with E-state index in [1.165, 1.54) is 7.11 Å². The number of methoxy groups -OCH3 is 1. The minimum atomic E-state index is -4.51. The lowest BCUT2D eigenvalue weighted by Crippen LogP contribution is -2.49. The third-order valence-electron chi connectivity index (χ3n) is 4.73. The summed E-state index contributed by atoms with van der Waals surface area (Å²) in [5.74, 6) is -0.901. The molecule has 1 saturated heterocycles. The lowest BCUT2D eigenvalue weighted by atomic mass is 9.94. The molecule has 1 aromatic heterocycles. The van der Waals surface area contributed by atoms with Gasteiger partial charge in [-0.2, -0.15) is 13.2 Å². The van der Waals surface area contributed by atoms with E-state index in [1.807, 2.05) is 13.8 Å². The molecule has 1 aliphatic rings. The Labute approximate surface area is 166 Å². The number of aromatic nitrogens is 1. The fraction of sp³-hybridized carbons (Fsp3) is 0.611. The van der Waals surface area contributed by atoms with Crippen LogP contribution in [0.4, 0.5) is 19.0 Å². The molecular weight excluding hydrogens is 399 g/mol. The number of halogens is 4. The van der Waals surface area contributed by atoms with Crippen LogP contribution in [-0.4, -0.2) is 43.1 Å². The topological polar surface area (TPSA) is 71.5 Å². The van der Waals surface area contributed by atoms with E-state index in [2.05, 4.69) is 10.3 Å². The Kier molecular flexibility index (Phi) is 7.14. The van der Waals surface area contributed by atoms with Crippen molar-refractivity contribution in [3.63, 3.8) is 0 Å². The number of nitrogens with one attached hydrogen (secondary N) is 1. The molecule has 0 aliphatic carbocycles. The molecule has 1 aromatic rings. The van der Waals surface area contributed by atoms with Gasteiger partial charge in [-0.25, -0.2) is 9.78 Å². The number of carbonyl (C=O) groups excluding carboxylic acids is 2. The smallest absolute Gasteiger partial charge is 0.417 e. The van der Waals surface area contributed by atoms with Crippen LogP contribution in [-0.2, 0) is 20.5 Å². The molecule has 1 atom stereocenters. The van der Waals surface area contributed by atoms with E-state index < -0.39 is 23.8 Å². The van der Waals surface area contributed by atoms with Crippen molar-refractivity contribution in [3.05, 3.63) is 22.8 Å². The number of anilines is 1. The Morgan fingerprint density at radius 2 is 1.93 bits per heavy atom. The minimum absolute atomic E-state index is 0.0803. The summed E-state index contributed by atoms with van der Waals surface area (Å²) in [5, 5.41) is 2.65. The van der Waals surface area contributed by atoms with Crippen molar-refractivity contribution in [2.75, 3.05) is 25.1 Å². The number of amides is 1. The first-order chi connectivity index (χ1) is 13.0. The molecule has 0 spiro atoms. The third-order valence-corrected chi connectivity index (χ3v) is 5.01. The van der Waals surface area contributed by atoms with Crippen LogP contribution in [0.2, 0.25) is 5.02 Å². The first kappa shape index (κ1) is 22.3. The number of carbonyl (C=O) groups is 2. The van der Waals surface area contributed by atoms with Gasteiger partial charge in [0.05, 0.1) is 17.7 Å². The van der Waals surface area contributed by atoms with Gasteiger partial charge in [-0.1, -0.05) is 25.4 Å². The van der Waals surface area contributed by atoms with E-state index in [0.717, 1.165) is 12.3 Å². The molecule has 2 rings (SSSR count). The lowest BCUT2D eigenvalue weighted by molar-refractivity contribution is -0.147. The molecule has 1 fully saturated rings. The second-order valence-corrected chi connectivity index (χ2v) is 7.45. The molecule has 1 aliphatic heterocycles. The molecule has 28 heavy (non-hydrogen) atoms. The Hall–Kier alpha value is -2.03. The number of pyridine rings is 1. The van der Waals surface area contributed by atoms with E-state index in [9.17, 15) is 22.8 Å². The molecule has 1 N–H and O–H groups in total. The van der Waals surface area contributed by atoms with Crippen molar-refractivity contribution < 1.29 is 27.5 Å². The SMILES string of the molecule is COC(=O)[C@@H](NC(=O)C1CCN(c2ncc(C(F)(F)F)cc2Cl)CC1)C(C)C. The van der Waals surface area contributed by atoms with Crippen LogP contribution < -0.4 is 10.2 Å². The lowest BCUT2D eigenvalue weighted by Gasteiger charge is -2.33. The summed E-state index contributed by atoms with van der Waals surface area (Å²) in [4.78, 5) is 29.9. The van der Waals surface area contributed by atoms with Gasteiger partial charge in [0.2, 0.25) is 5.91 Å². The fourth-order valence-corrected chi connectivity index (χ4v) is 3.35. The maximum absolute atomic E-state index is 12.7. The van der Waals surface area contributed by atoms with Gasteiger partial charge < -0.3 is 15.0 Å². The molecule has 0 aromatic carbocycles. The van der Waals surface area contributed by atoms with Crippen molar-refractivity contribution in [2.45, 2.75) is 38.9 Å². The van der Waals surface area contributed by atoms with E-state index >= 15 is 0 Å². The average Bonchev–Trinajstić information content (AvgIpc) is 2.64. The normalized spacial score (nSPS) is 16.8. The number of piperidine rings is 1. The molecular formula is C18H23ClF3N3O3. The Balaban J connectivity index is 1.99. The van der Waals surface area contributed by atoms with E-state index in [4.69, 9.17) is 16.3 Å². The van der Waals surface area contributed by atoms with Gasteiger partial charge in [0, 0.05) is 25.2 Å². The standard InChI is InChI=1S/C18H23ClF3N3O3/c1-10(2)14(17(27)28-3)24-16(26)11-4-6-25(7-5-11)15-13(19)8-12(9-23-15)18(20,21)22/h8-11,14H,4-7H2,1-3H3,(H,24,26)/t14-/m0/s1. The highest BCUT2D eigenvalue weighted by atomic mass is 35.5. The zero-order chi connectivity index (χ0) is 21.1. The zero-order valence-corrected chi connectivity index (χ0v) is 16.6. The predicted molar refractivity (Wildman–Crippen MR) is 98.0 cm³/mol. The van der Waals surface area contributed by atoms with E-state index in [-0.39, 0.29) is 28.6 Å². The first-order valence-corrected chi connectivity index (χ1v) is 9.28. The van der Waals surface area contributed by atoms with Crippen LogP contribution in [0, 0.1) is 11.8 Å². The molecule has 1 amide bonds. The maximum atomic E-state index is 12.7. The maximum Gasteiger partial charge on any atom is 0.417 e. The largest absolute Gasteiger partial charge is 0.467 e. The van der Waals surface area contributed by atoms with Crippen LogP contribution in [0.15, 0.2) is 12.3 Å². The molecule has 0 saturated carbocycles. The number of esters is 1. The van der Waals surface area contributed by atoms with Crippen LogP contribution in [0.25, 0.3) is 0 Å². The van der Waals surface area contributed by atoms with E-state index in [1.54, 1.807) is 4.90 Å². The number of rotatable bonds is 5. The van der Waals surface area contributed by atoms with Gasteiger partial charge in [0.25, 0.3) is 0 Å². The van der Waals surface area contributed by atoms with Crippen LogP contribution in [0.3, 0.4) is 0 Å². The van der Waals surface area contributed by atoms with Crippen molar-refractivity contribution >= 4 is 29.3 Å². The summed E-state index contributed by atoms with van der Waals surface area (Å²) in [6.07, 6.45) is -2.82. The monoisotopic (exact) mass is 421 g/mol. The first-order valence-electron chi connectivity index (χ1n) is 8.90. The van der Waals surface area contributed by atoms with Crippen molar-refractivity contribution in [1.82, 2.24) is 10.3 Å². The molecule has 156 valence electrons. The van der Waals surface area contributed by atoms with Gasteiger partial charge in [-0.15, -0.1) is 0 Å². The summed E-state index contributed by atoms with van der Waals surface area (Å²) in [6, 6.07) is 0.133. The third kappa shape index (κ3) is 5.27. The van der Waals surface area contributed by atoms with Gasteiger partial charge in [-0.3, -0.25) is 4.79 Å². The Morgan fingerprint density at radius 1 is 1.32 bits per heavy atom. The van der Waals surface area contributed by atoms with Crippen LogP contribution in [0.5, 0.6) is 0 Å². The summed E-state index contributed by atoms with van der Waals surface area (Å²) >= 11 is 5.99. The molecule has 0 radical (unpaired) electrons. The highest BCUT2D eigenvalue weighted by Gasteiger charge is 2.34. The summed E-state index contributed by atoms with van der Waals surface area (Å²) in [6.45, 7) is 4.45. The van der Waals surface area contributed by atoms with Crippen LogP contribution in [0.1, 0.15) is 32.3 Å². The highest BCUT2D eigenvalue weighted by Crippen LogP contribution is 2.34. The van der Waals surface area contributed by atoms with Crippen molar-refractivity contribution in [3.8, 4) is 0 Å². The Bertz CT molecular complexity index is 720. The molecule has 0 unspecified atom stereocenters. The molecule has 6 nitrogen and oxygen atoms in total. The quantitative estimate of drug-likeness (QED) is 0.739.